The van der Waals surface area contributed by atoms with Crippen LogP contribution < -0.4 is 0 Å². The zero-order valence-electron chi connectivity index (χ0n) is 10.9. The molecule has 0 aliphatic carbocycles. The fraction of sp³-hybridized carbons (Fsp3) is 0.176. The van der Waals surface area contributed by atoms with Gasteiger partial charge in [0, 0.05) is 12.0 Å². The third kappa shape index (κ3) is 2.63. The molecule has 0 amide bonds. The number of hydrogen-bond donors (Lipinski definition) is 0. The summed E-state index contributed by atoms with van der Waals surface area (Å²) in [4.78, 5) is 23.7. The van der Waals surface area contributed by atoms with E-state index in [0.29, 0.717) is 5.56 Å². The van der Waals surface area contributed by atoms with Gasteiger partial charge in [0.25, 0.3) is 0 Å². The van der Waals surface area contributed by atoms with Gasteiger partial charge in [0.15, 0.2) is 5.78 Å². The van der Waals surface area contributed by atoms with Crippen LogP contribution in [-0.2, 0) is 10.2 Å². The van der Waals surface area contributed by atoms with Crippen LogP contribution in [0.4, 0.5) is 0 Å². The van der Waals surface area contributed by atoms with Crippen molar-refractivity contribution in [2.24, 2.45) is 0 Å². The number of carbonyl (C=O) groups is 2. The Hall–Kier alpha value is -2.22. The predicted octanol–water partition coefficient (Wildman–Crippen LogP) is 3.42. The smallest absolute Gasteiger partial charge is 0.173 e. The van der Waals surface area contributed by atoms with Gasteiger partial charge in [-0.05, 0) is 12.5 Å². The second-order valence-electron chi connectivity index (χ2n) is 4.76. The lowest BCUT2D eigenvalue weighted by molar-refractivity contribution is -0.108. The minimum atomic E-state index is -0.801. The van der Waals surface area contributed by atoms with Crippen molar-refractivity contribution in [2.75, 3.05) is 0 Å². The first-order valence-electron chi connectivity index (χ1n) is 6.27. The van der Waals surface area contributed by atoms with Gasteiger partial charge in [-0.3, -0.25) is 4.79 Å². The van der Waals surface area contributed by atoms with Crippen molar-refractivity contribution in [3.8, 4) is 0 Å². The number of Topliss-reactive ketones (excluding diaryl/α,β-unsaturated/α-hetero) is 1. The molecule has 0 saturated heterocycles. The lowest BCUT2D eigenvalue weighted by Gasteiger charge is -2.26. The molecule has 0 bridgehead atoms. The van der Waals surface area contributed by atoms with Crippen LogP contribution in [0.25, 0.3) is 0 Å². The molecular weight excluding hydrogens is 236 g/mol. The molecule has 0 unspecified atom stereocenters. The largest absolute Gasteiger partial charge is 0.303 e. The van der Waals surface area contributed by atoms with E-state index in [0.717, 1.165) is 11.8 Å². The molecule has 2 heteroatoms. The third-order valence-electron chi connectivity index (χ3n) is 3.44. The lowest BCUT2D eigenvalue weighted by atomic mass is 9.74. The summed E-state index contributed by atoms with van der Waals surface area (Å²) in [5, 5.41) is 0. The summed E-state index contributed by atoms with van der Waals surface area (Å²) in [7, 11) is 0. The van der Waals surface area contributed by atoms with Gasteiger partial charge < -0.3 is 4.79 Å². The summed E-state index contributed by atoms with van der Waals surface area (Å²) in [5.74, 6) is -0.0219. The summed E-state index contributed by atoms with van der Waals surface area (Å²) in [5.41, 5.74) is 0.705. The number of ketones is 1. The van der Waals surface area contributed by atoms with Crippen LogP contribution in [0.2, 0.25) is 0 Å². The maximum absolute atomic E-state index is 12.7. The fourth-order valence-corrected chi connectivity index (χ4v) is 2.22. The van der Waals surface area contributed by atoms with Crippen molar-refractivity contribution in [3.63, 3.8) is 0 Å². The summed E-state index contributed by atoms with van der Waals surface area (Å²) < 4.78 is 0. The van der Waals surface area contributed by atoms with Crippen LogP contribution in [0.15, 0.2) is 60.7 Å². The van der Waals surface area contributed by atoms with Crippen LogP contribution in [0.3, 0.4) is 0 Å². The Bertz CT molecular complexity index is 560. The van der Waals surface area contributed by atoms with E-state index >= 15 is 0 Å². The summed E-state index contributed by atoms with van der Waals surface area (Å²) in [6.07, 6.45) is 0.999. The monoisotopic (exact) mass is 252 g/mol. The van der Waals surface area contributed by atoms with Crippen LogP contribution in [-0.4, -0.2) is 12.1 Å². The first kappa shape index (κ1) is 13.2. The molecule has 2 aromatic carbocycles. The van der Waals surface area contributed by atoms with Gasteiger partial charge in [-0.2, -0.15) is 0 Å². The molecule has 2 aromatic rings. The van der Waals surface area contributed by atoms with E-state index in [-0.39, 0.29) is 12.2 Å². The van der Waals surface area contributed by atoms with Crippen molar-refractivity contribution in [2.45, 2.75) is 18.8 Å². The van der Waals surface area contributed by atoms with Crippen LogP contribution in [0.5, 0.6) is 0 Å². The first-order chi connectivity index (χ1) is 9.18. The second-order valence-corrected chi connectivity index (χ2v) is 4.76. The molecule has 96 valence electrons. The molecule has 0 aromatic heterocycles. The molecule has 0 aliphatic heterocycles. The molecule has 0 fully saturated rings. The molecule has 2 nitrogen and oxygen atoms in total. The zero-order valence-corrected chi connectivity index (χ0v) is 10.9. The predicted molar refractivity (Wildman–Crippen MR) is 75.2 cm³/mol. The number of rotatable bonds is 5. The van der Waals surface area contributed by atoms with Crippen molar-refractivity contribution in [1.29, 1.82) is 0 Å². The van der Waals surface area contributed by atoms with Crippen LogP contribution in [0.1, 0.15) is 29.3 Å². The molecule has 0 aliphatic rings. The fourth-order valence-electron chi connectivity index (χ4n) is 2.22. The molecule has 2 rings (SSSR count). The highest BCUT2D eigenvalue weighted by atomic mass is 16.1. The zero-order chi connectivity index (χ0) is 13.7. The Labute approximate surface area is 113 Å². The highest BCUT2D eigenvalue weighted by molar-refractivity contribution is 6.04. The van der Waals surface area contributed by atoms with E-state index in [1.165, 1.54) is 0 Å². The highest BCUT2D eigenvalue weighted by Gasteiger charge is 2.35. The van der Waals surface area contributed by atoms with Gasteiger partial charge in [-0.25, -0.2) is 0 Å². The Balaban J connectivity index is 2.46. The van der Waals surface area contributed by atoms with Crippen molar-refractivity contribution in [3.05, 3.63) is 71.8 Å². The Morgan fingerprint density at radius 2 is 1.53 bits per heavy atom. The Kier molecular flexibility index (Phi) is 3.91. The van der Waals surface area contributed by atoms with Gasteiger partial charge >= 0.3 is 0 Å². The van der Waals surface area contributed by atoms with E-state index in [1.54, 1.807) is 12.1 Å². The average molecular weight is 252 g/mol. The van der Waals surface area contributed by atoms with Gasteiger partial charge in [0.1, 0.15) is 6.29 Å². The highest BCUT2D eigenvalue weighted by Crippen LogP contribution is 2.30. The number of benzene rings is 2. The normalized spacial score (nSPS) is 13.5. The second kappa shape index (κ2) is 5.61. The number of aldehydes is 1. The van der Waals surface area contributed by atoms with E-state index in [9.17, 15) is 9.59 Å². The molecule has 0 spiro atoms. The van der Waals surface area contributed by atoms with Crippen LogP contribution >= 0.6 is 0 Å². The Morgan fingerprint density at radius 1 is 1.00 bits per heavy atom. The van der Waals surface area contributed by atoms with Gasteiger partial charge in [-0.1, -0.05) is 60.7 Å². The molecule has 0 heterocycles. The summed E-state index contributed by atoms with van der Waals surface area (Å²) in [6, 6.07) is 18.6. The number of hydrogen-bond acceptors (Lipinski definition) is 2. The lowest BCUT2D eigenvalue weighted by Crippen LogP contribution is -2.33. The topological polar surface area (TPSA) is 34.1 Å². The molecule has 0 N–H and O–H groups in total. The first-order valence-corrected chi connectivity index (χ1v) is 6.27. The van der Waals surface area contributed by atoms with Crippen molar-refractivity contribution >= 4 is 12.1 Å². The quantitative estimate of drug-likeness (QED) is 0.603. The van der Waals surface area contributed by atoms with E-state index in [1.807, 2.05) is 55.5 Å². The summed E-state index contributed by atoms with van der Waals surface area (Å²) >= 11 is 0. The van der Waals surface area contributed by atoms with E-state index in [2.05, 4.69) is 0 Å². The van der Waals surface area contributed by atoms with Gasteiger partial charge in [0.05, 0.1) is 5.41 Å². The standard InChI is InChI=1S/C17H16O2/c1-17(12-13-18,15-10-6-3-7-11-15)16(19)14-8-4-2-5-9-14/h2-11,13H,12H2,1H3/t17-/m0/s1. The van der Waals surface area contributed by atoms with Crippen molar-refractivity contribution < 1.29 is 9.59 Å². The van der Waals surface area contributed by atoms with Crippen molar-refractivity contribution in [1.82, 2.24) is 0 Å². The Morgan fingerprint density at radius 3 is 2.05 bits per heavy atom. The van der Waals surface area contributed by atoms with E-state index < -0.39 is 5.41 Å². The SMILES string of the molecule is C[C@@](CC=O)(C(=O)c1ccccc1)c1ccccc1. The van der Waals surface area contributed by atoms with Crippen LogP contribution in [0, 0.1) is 0 Å². The maximum atomic E-state index is 12.7. The van der Waals surface area contributed by atoms with Gasteiger partial charge in [-0.15, -0.1) is 0 Å². The van der Waals surface area contributed by atoms with E-state index in [4.69, 9.17) is 0 Å². The molecular formula is C17H16O2. The molecule has 1 atom stereocenters. The molecule has 0 saturated carbocycles. The number of carbonyl (C=O) groups excluding carboxylic acids is 2. The molecule has 19 heavy (non-hydrogen) atoms. The van der Waals surface area contributed by atoms with Gasteiger partial charge in [0.2, 0.25) is 0 Å². The summed E-state index contributed by atoms with van der Waals surface area (Å²) in [6.45, 7) is 1.83. The minimum absolute atomic E-state index is 0.0219. The average Bonchev–Trinajstić information content (AvgIpc) is 2.48. The third-order valence-corrected chi connectivity index (χ3v) is 3.44. The molecule has 0 radical (unpaired) electrons. The minimum Gasteiger partial charge on any atom is -0.303 e. The maximum Gasteiger partial charge on any atom is 0.173 e.